The molecule has 6 heteroatoms. The van der Waals surface area contributed by atoms with Crippen LogP contribution in [0.1, 0.15) is 11.1 Å². The van der Waals surface area contributed by atoms with Gasteiger partial charge in [-0.25, -0.2) is 13.6 Å². The highest BCUT2D eigenvalue weighted by atomic mass is 32.2. The van der Waals surface area contributed by atoms with Crippen molar-refractivity contribution in [1.82, 2.24) is 4.57 Å². The van der Waals surface area contributed by atoms with Crippen LogP contribution < -0.4 is 5.14 Å². The van der Waals surface area contributed by atoms with Crippen LogP contribution in [0.15, 0.2) is 52.9 Å². The summed E-state index contributed by atoms with van der Waals surface area (Å²) in [4.78, 5) is 0.123. The van der Waals surface area contributed by atoms with E-state index in [-0.39, 0.29) is 4.90 Å². The molecule has 0 spiro atoms. The molecule has 2 N–H and O–H groups in total. The summed E-state index contributed by atoms with van der Waals surface area (Å²) in [6.45, 7) is 4.11. The number of benzene rings is 1. The molecule has 0 saturated carbocycles. The SMILES string of the molecule is Cc1csc(-n2cc(C)cc2-c2ccc(S(N)(=O)=O)cc2)c1. The molecule has 0 aliphatic rings. The molecule has 0 amide bonds. The van der Waals surface area contributed by atoms with Crippen molar-refractivity contribution in [2.75, 3.05) is 0 Å². The molecular weight excluding hydrogens is 316 g/mol. The lowest BCUT2D eigenvalue weighted by molar-refractivity contribution is 0.598. The maximum atomic E-state index is 11.4. The number of hydrogen-bond donors (Lipinski definition) is 1. The molecule has 114 valence electrons. The van der Waals surface area contributed by atoms with Gasteiger partial charge in [0.25, 0.3) is 0 Å². The normalized spacial score (nSPS) is 11.8. The lowest BCUT2D eigenvalue weighted by atomic mass is 10.1. The Morgan fingerprint density at radius 1 is 1.05 bits per heavy atom. The largest absolute Gasteiger partial charge is 0.308 e. The summed E-state index contributed by atoms with van der Waals surface area (Å²) < 4.78 is 24.8. The zero-order valence-electron chi connectivity index (χ0n) is 12.3. The maximum Gasteiger partial charge on any atom is 0.238 e. The van der Waals surface area contributed by atoms with Gasteiger partial charge in [-0.15, -0.1) is 11.3 Å². The summed E-state index contributed by atoms with van der Waals surface area (Å²) >= 11 is 1.68. The van der Waals surface area contributed by atoms with E-state index in [1.165, 1.54) is 17.7 Å². The summed E-state index contributed by atoms with van der Waals surface area (Å²) in [5.74, 6) is 0. The van der Waals surface area contributed by atoms with Crippen LogP contribution >= 0.6 is 11.3 Å². The first-order chi connectivity index (χ1) is 10.3. The number of nitrogens with two attached hydrogens (primary N) is 1. The Morgan fingerprint density at radius 3 is 2.27 bits per heavy atom. The van der Waals surface area contributed by atoms with Gasteiger partial charge in [0.05, 0.1) is 15.6 Å². The lowest BCUT2D eigenvalue weighted by Gasteiger charge is -2.07. The number of aromatic nitrogens is 1. The summed E-state index contributed by atoms with van der Waals surface area (Å²) in [5.41, 5.74) is 4.35. The van der Waals surface area contributed by atoms with Crippen LogP contribution in [0, 0.1) is 13.8 Å². The first-order valence-electron chi connectivity index (χ1n) is 6.72. The van der Waals surface area contributed by atoms with Crippen molar-refractivity contribution >= 4 is 21.4 Å². The van der Waals surface area contributed by atoms with Gasteiger partial charge in [-0.1, -0.05) is 12.1 Å². The second-order valence-electron chi connectivity index (χ2n) is 5.30. The van der Waals surface area contributed by atoms with Crippen molar-refractivity contribution in [2.24, 2.45) is 5.14 Å². The molecule has 0 aliphatic heterocycles. The number of aryl methyl sites for hydroxylation is 2. The van der Waals surface area contributed by atoms with Gasteiger partial charge in [0.2, 0.25) is 10.0 Å². The van der Waals surface area contributed by atoms with Gasteiger partial charge in [0.15, 0.2) is 0 Å². The molecule has 0 radical (unpaired) electrons. The Morgan fingerprint density at radius 2 is 1.73 bits per heavy atom. The number of primary sulfonamides is 1. The van der Waals surface area contributed by atoms with Crippen LogP contribution in [-0.2, 0) is 10.0 Å². The second-order valence-corrected chi connectivity index (χ2v) is 7.76. The fraction of sp³-hybridized carbons (Fsp3) is 0.125. The molecule has 2 aromatic heterocycles. The van der Waals surface area contributed by atoms with Crippen molar-refractivity contribution in [1.29, 1.82) is 0 Å². The average Bonchev–Trinajstić information content (AvgIpc) is 3.04. The number of rotatable bonds is 3. The third-order valence-corrected chi connectivity index (χ3v) is 5.36. The Bertz CT molecular complexity index is 919. The van der Waals surface area contributed by atoms with Crippen molar-refractivity contribution < 1.29 is 8.42 Å². The average molecular weight is 332 g/mol. The Labute approximate surface area is 133 Å². The van der Waals surface area contributed by atoms with E-state index in [4.69, 9.17) is 5.14 Å². The fourth-order valence-corrected chi connectivity index (χ4v) is 3.77. The van der Waals surface area contributed by atoms with E-state index in [0.717, 1.165) is 21.8 Å². The summed E-state index contributed by atoms with van der Waals surface area (Å²) in [6, 6.07) is 10.9. The monoisotopic (exact) mass is 332 g/mol. The zero-order chi connectivity index (χ0) is 15.9. The molecule has 3 aromatic rings. The second kappa shape index (κ2) is 5.39. The predicted molar refractivity (Wildman–Crippen MR) is 89.9 cm³/mol. The first-order valence-corrected chi connectivity index (χ1v) is 9.15. The molecule has 4 nitrogen and oxygen atoms in total. The molecule has 22 heavy (non-hydrogen) atoms. The Hall–Kier alpha value is -1.89. The fourth-order valence-electron chi connectivity index (χ4n) is 2.36. The minimum atomic E-state index is -3.66. The van der Waals surface area contributed by atoms with E-state index in [1.807, 2.05) is 6.92 Å². The highest BCUT2D eigenvalue weighted by Gasteiger charge is 2.12. The Balaban J connectivity index is 2.09. The van der Waals surface area contributed by atoms with Gasteiger partial charge >= 0.3 is 0 Å². The highest BCUT2D eigenvalue weighted by molar-refractivity contribution is 7.89. The van der Waals surface area contributed by atoms with Crippen LogP contribution in [-0.4, -0.2) is 13.0 Å². The molecule has 0 saturated heterocycles. The van der Waals surface area contributed by atoms with E-state index in [1.54, 1.807) is 23.5 Å². The minimum Gasteiger partial charge on any atom is -0.308 e. The van der Waals surface area contributed by atoms with Crippen LogP contribution in [0.5, 0.6) is 0 Å². The Kier molecular flexibility index (Phi) is 3.68. The third-order valence-electron chi connectivity index (χ3n) is 3.39. The van der Waals surface area contributed by atoms with Crippen molar-refractivity contribution in [3.63, 3.8) is 0 Å². The van der Waals surface area contributed by atoms with Gasteiger partial charge in [-0.3, -0.25) is 0 Å². The standard InChI is InChI=1S/C16H16N2O2S2/c1-11-7-15(18(9-11)16-8-12(2)10-21-16)13-3-5-14(6-4-13)22(17,19)20/h3-10H,1-2H3,(H2,17,19,20). The molecule has 3 rings (SSSR count). The maximum absolute atomic E-state index is 11.4. The zero-order valence-corrected chi connectivity index (χ0v) is 13.9. The van der Waals surface area contributed by atoms with Crippen LogP contribution in [0.25, 0.3) is 16.3 Å². The minimum absolute atomic E-state index is 0.123. The molecule has 1 aromatic carbocycles. The van der Waals surface area contributed by atoms with Crippen molar-refractivity contribution in [2.45, 2.75) is 18.7 Å². The molecule has 2 heterocycles. The molecule has 0 fully saturated rings. The number of thiophene rings is 1. The highest BCUT2D eigenvalue weighted by Crippen LogP contribution is 2.29. The van der Waals surface area contributed by atoms with Crippen LogP contribution in [0.2, 0.25) is 0 Å². The molecule has 0 aliphatic carbocycles. The van der Waals surface area contributed by atoms with Gasteiger partial charge in [-0.05, 0) is 60.2 Å². The number of sulfonamides is 1. The van der Waals surface area contributed by atoms with E-state index in [0.29, 0.717) is 0 Å². The predicted octanol–water partition coefficient (Wildman–Crippen LogP) is 3.47. The first kappa shape index (κ1) is 15.0. The van der Waals surface area contributed by atoms with Gasteiger partial charge in [-0.2, -0.15) is 0 Å². The van der Waals surface area contributed by atoms with Crippen LogP contribution in [0.3, 0.4) is 0 Å². The topological polar surface area (TPSA) is 65.1 Å². The van der Waals surface area contributed by atoms with Gasteiger partial charge in [0, 0.05) is 6.20 Å². The summed E-state index contributed by atoms with van der Waals surface area (Å²) in [7, 11) is -3.66. The number of nitrogens with zero attached hydrogens (tertiary/aromatic N) is 1. The van der Waals surface area contributed by atoms with Crippen LogP contribution in [0.4, 0.5) is 0 Å². The molecule has 0 unspecified atom stereocenters. The van der Waals surface area contributed by atoms with E-state index >= 15 is 0 Å². The third kappa shape index (κ3) is 2.85. The summed E-state index contributed by atoms with van der Waals surface area (Å²) in [6.07, 6.45) is 2.08. The number of hydrogen-bond acceptors (Lipinski definition) is 3. The quantitative estimate of drug-likeness (QED) is 0.798. The van der Waals surface area contributed by atoms with Crippen molar-refractivity contribution in [3.05, 3.63) is 59.1 Å². The van der Waals surface area contributed by atoms with Gasteiger partial charge in [0.1, 0.15) is 0 Å². The van der Waals surface area contributed by atoms with E-state index in [9.17, 15) is 8.42 Å². The molecule has 0 bridgehead atoms. The van der Waals surface area contributed by atoms with E-state index < -0.39 is 10.0 Å². The summed E-state index contributed by atoms with van der Waals surface area (Å²) in [5, 5.41) is 8.39. The lowest BCUT2D eigenvalue weighted by Crippen LogP contribution is -2.11. The van der Waals surface area contributed by atoms with E-state index in [2.05, 4.69) is 35.2 Å². The van der Waals surface area contributed by atoms with Crippen molar-refractivity contribution in [3.8, 4) is 16.3 Å². The van der Waals surface area contributed by atoms with Gasteiger partial charge < -0.3 is 4.57 Å². The molecule has 0 atom stereocenters. The molecular formula is C16H16N2O2S2. The smallest absolute Gasteiger partial charge is 0.238 e.